The maximum absolute atomic E-state index is 8.46. The molecule has 0 spiro atoms. The first-order valence-electron chi connectivity index (χ1n) is 7.69. The molecule has 0 atom stereocenters. The van der Waals surface area contributed by atoms with Gasteiger partial charge in [0.1, 0.15) is 5.84 Å². The van der Waals surface area contributed by atoms with E-state index in [0.29, 0.717) is 17.2 Å². The van der Waals surface area contributed by atoms with Crippen molar-refractivity contribution < 1.29 is 0 Å². The summed E-state index contributed by atoms with van der Waals surface area (Å²) in [7, 11) is 3.81. The molecule has 0 bridgehead atoms. The van der Waals surface area contributed by atoms with Gasteiger partial charge in [0.25, 0.3) is 0 Å². The van der Waals surface area contributed by atoms with E-state index in [0.717, 1.165) is 18.5 Å². The lowest BCUT2D eigenvalue weighted by atomic mass is 10.0. The summed E-state index contributed by atoms with van der Waals surface area (Å²) >= 11 is 0. The number of nitrogens with zero attached hydrogens (tertiary/aromatic N) is 1. The summed E-state index contributed by atoms with van der Waals surface area (Å²) in [6, 6.07) is 8.30. The van der Waals surface area contributed by atoms with Gasteiger partial charge >= 0.3 is 0 Å². The molecule has 2 N–H and O–H groups in total. The maximum atomic E-state index is 8.46. The molecule has 0 heterocycles. The van der Waals surface area contributed by atoms with Crippen molar-refractivity contribution in [1.82, 2.24) is 9.99 Å². The molecule has 0 saturated heterocycles. The fourth-order valence-electron chi connectivity index (χ4n) is 2.37. The molecule has 4 heteroatoms. The molecule has 0 unspecified atom stereocenters. The minimum Gasteiger partial charge on any atom is -0.349 e. The van der Waals surface area contributed by atoms with Crippen molar-refractivity contribution >= 4 is 13.9 Å². The molecular formula is C17H30N3P. The zero-order valence-corrected chi connectivity index (χ0v) is 15.2. The molecule has 0 aliphatic carbocycles. The first-order valence-corrected chi connectivity index (χ1v) is 9.17. The van der Waals surface area contributed by atoms with Gasteiger partial charge in [-0.25, -0.2) is 0 Å². The Morgan fingerprint density at radius 1 is 1.14 bits per heavy atom. The predicted octanol–water partition coefficient (Wildman–Crippen LogP) is 3.92. The van der Waals surface area contributed by atoms with Gasteiger partial charge in [-0.15, -0.1) is 0 Å². The Labute approximate surface area is 131 Å². The molecule has 0 saturated carbocycles. The Morgan fingerprint density at radius 2 is 1.71 bits per heavy atom. The van der Waals surface area contributed by atoms with Gasteiger partial charge < -0.3 is 9.99 Å². The summed E-state index contributed by atoms with van der Waals surface area (Å²) in [6.07, 6.45) is 0.981. The van der Waals surface area contributed by atoms with E-state index in [1.165, 1.54) is 5.56 Å². The van der Waals surface area contributed by atoms with Crippen LogP contribution >= 0.6 is 8.07 Å². The first kappa shape index (κ1) is 18.1. The van der Waals surface area contributed by atoms with E-state index in [9.17, 15) is 0 Å². The highest BCUT2D eigenvalue weighted by Gasteiger charge is 2.19. The highest BCUT2D eigenvalue weighted by molar-refractivity contribution is 7.57. The van der Waals surface area contributed by atoms with Crippen LogP contribution in [0.3, 0.4) is 0 Å². The van der Waals surface area contributed by atoms with Crippen LogP contribution in [0.25, 0.3) is 0 Å². The zero-order chi connectivity index (χ0) is 16.0. The lowest BCUT2D eigenvalue weighted by molar-refractivity contribution is 0.413. The summed E-state index contributed by atoms with van der Waals surface area (Å²) in [5.41, 5.74) is 3.46. The van der Waals surface area contributed by atoms with Crippen LogP contribution in [0.5, 0.6) is 0 Å². The molecule has 0 fully saturated rings. The van der Waals surface area contributed by atoms with Crippen molar-refractivity contribution in [3.05, 3.63) is 35.4 Å². The number of benzene rings is 1. The second-order valence-electron chi connectivity index (χ2n) is 6.29. The first-order chi connectivity index (χ1) is 9.82. The average Bonchev–Trinajstić information content (AvgIpc) is 2.41. The van der Waals surface area contributed by atoms with Gasteiger partial charge in [-0.05, 0) is 45.5 Å². The molecule has 1 aromatic carbocycles. The van der Waals surface area contributed by atoms with Gasteiger partial charge in [0.05, 0.1) is 0 Å². The number of nitrogens with one attached hydrogen (secondary N) is 2. The monoisotopic (exact) mass is 307 g/mol. The average molecular weight is 307 g/mol. The summed E-state index contributed by atoms with van der Waals surface area (Å²) in [6.45, 7) is 9.97. The third-order valence-corrected chi connectivity index (χ3v) is 6.18. The van der Waals surface area contributed by atoms with Crippen molar-refractivity contribution in [3.8, 4) is 0 Å². The fraction of sp³-hybridized carbons (Fsp3) is 0.588. The molecule has 0 radical (unpaired) electrons. The predicted molar refractivity (Wildman–Crippen MR) is 95.9 cm³/mol. The molecule has 21 heavy (non-hydrogen) atoms. The van der Waals surface area contributed by atoms with E-state index in [4.69, 9.17) is 5.41 Å². The Kier molecular flexibility index (Phi) is 7.34. The van der Waals surface area contributed by atoms with Crippen LogP contribution in [0.15, 0.2) is 24.3 Å². The van der Waals surface area contributed by atoms with Crippen LogP contribution in [0.1, 0.15) is 38.8 Å². The molecule has 118 valence electrons. The Morgan fingerprint density at radius 3 is 2.24 bits per heavy atom. The summed E-state index contributed by atoms with van der Waals surface area (Å²) < 4.78 is 0. The normalized spacial score (nSPS) is 11.7. The number of amidine groups is 1. The van der Waals surface area contributed by atoms with Gasteiger partial charge in [-0.1, -0.05) is 52.0 Å². The zero-order valence-electron chi connectivity index (χ0n) is 14.3. The molecule has 0 aliphatic heterocycles. The van der Waals surface area contributed by atoms with Crippen LogP contribution in [0, 0.1) is 5.41 Å². The third kappa shape index (κ3) is 5.76. The molecule has 0 aromatic heterocycles. The summed E-state index contributed by atoms with van der Waals surface area (Å²) in [4.78, 5) is 2.18. The largest absolute Gasteiger partial charge is 0.349 e. The van der Waals surface area contributed by atoms with E-state index in [1.54, 1.807) is 0 Å². The Balaban J connectivity index is 2.86. The fourth-order valence-corrected chi connectivity index (χ4v) is 4.46. The highest BCUT2D eigenvalue weighted by Crippen LogP contribution is 2.41. The second-order valence-corrected chi connectivity index (χ2v) is 9.40. The highest BCUT2D eigenvalue weighted by atomic mass is 31.1. The van der Waals surface area contributed by atoms with Crippen LogP contribution in [0.4, 0.5) is 0 Å². The Bertz CT molecular complexity index is 447. The van der Waals surface area contributed by atoms with E-state index < -0.39 is 0 Å². The summed E-state index contributed by atoms with van der Waals surface area (Å²) in [5.74, 6) is 0.581. The van der Waals surface area contributed by atoms with E-state index >= 15 is 0 Å². The quantitative estimate of drug-likeness (QED) is 0.455. The SMILES string of the molecule is CC(C)P(NC(=N)c1ccccc1CCN(C)C)C(C)C. The second kappa shape index (κ2) is 8.51. The molecule has 1 aromatic rings. The standard InChI is InChI=1S/C17H30N3P/c1-13(2)21(14(3)4)19-17(18)16-10-8-7-9-15(16)11-12-20(5)6/h7-10,13-14H,11-12H2,1-6H3,(H2,18,19). The Hall–Kier alpha value is -0.920. The van der Waals surface area contributed by atoms with Crippen LogP contribution < -0.4 is 5.09 Å². The summed E-state index contributed by atoms with van der Waals surface area (Å²) in [5, 5.41) is 12.0. The van der Waals surface area contributed by atoms with E-state index in [-0.39, 0.29) is 8.07 Å². The minimum atomic E-state index is -0.361. The lowest BCUT2D eigenvalue weighted by Gasteiger charge is -2.28. The third-order valence-electron chi connectivity index (χ3n) is 3.47. The van der Waals surface area contributed by atoms with Crippen LogP contribution in [-0.4, -0.2) is 42.7 Å². The van der Waals surface area contributed by atoms with Crippen molar-refractivity contribution in [3.63, 3.8) is 0 Å². The van der Waals surface area contributed by atoms with E-state index in [1.807, 2.05) is 6.07 Å². The van der Waals surface area contributed by atoms with Gasteiger partial charge in [0, 0.05) is 12.1 Å². The van der Waals surface area contributed by atoms with Gasteiger partial charge in [0.15, 0.2) is 0 Å². The van der Waals surface area contributed by atoms with Crippen LogP contribution in [0.2, 0.25) is 0 Å². The smallest absolute Gasteiger partial charge is 0.128 e. The van der Waals surface area contributed by atoms with Gasteiger partial charge in [-0.3, -0.25) is 5.41 Å². The molecule has 0 aliphatic rings. The maximum Gasteiger partial charge on any atom is 0.128 e. The van der Waals surface area contributed by atoms with Gasteiger partial charge in [-0.2, -0.15) is 0 Å². The van der Waals surface area contributed by atoms with Crippen LogP contribution in [-0.2, 0) is 6.42 Å². The van der Waals surface area contributed by atoms with Crippen molar-refractivity contribution in [2.75, 3.05) is 20.6 Å². The number of likely N-dealkylation sites (N-methyl/N-ethyl adjacent to an activating group) is 1. The number of rotatable bonds is 7. The number of hydrogen-bond acceptors (Lipinski definition) is 2. The molecule has 1 rings (SSSR count). The van der Waals surface area contributed by atoms with Crippen molar-refractivity contribution in [2.45, 2.75) is 45.4 Å². The minimum absolute atomic E-state index is 0.361. The molecule has 0 amide bonds. The van der Waals surface area contributed by atoms with Crippen molar-refractivity contribution in [2.24, 2.45) is 0 Å². The molecule has 3 nitrogen and oxygen atoms in total. The van der Waals surface area contributed by atoms with E-state index in [2.05, 4.69) is 70.0 Å². The topological polar surface area (TPSA) is 39.1 Å². The van der Waals surface area contributed by atoms with Crippen molar-refractivity contribution in [1.29, 1.82) is 5.41 Å². The van der Waals surface area contributed by atoms with Gasteiger partial charge in [0.2, 0.25) is 0 Å². The molecular weight excluding hydrogens is 277 g/mol. The lowest BCUT2D eigenvalue weighted by Crippen LogP contribution is -2.26. The number of hydrogen-bond donors (Lipinski definition) is 2.